The van der Waals surface area contributed by atoms with Gasteiger partial charge in [0.05, 0.1) is 24.4 Å². The SMILES string of the molecule is COC(=O)[C@@H](Cc1c[nH]c2ccccc12)NP(OCc1ccc([N+](=O)[O-])cc1)[C@@H](NC(=O)OCc1ccccc1)C1CCCCC1. The fraction of sp³-hybridized carbons (Fsp3) is 0.353. The molecule has 5 rings (SSSR count). The smallest absolute Gasteiger partial charge is 0.408 e. The van der Waals surface area contributed by atoms with E-state index in [1.54, 1.807) is 12.1 Å². The number of rotatable bonds is 14. The van der Waals surface area contributed by atoms with E-state index in [9.17, 15) is 19.7 Å². The van der Waals surface area contributed by atoms with Crippen LogP contribution in [0.1, 0.15) is 48.8 Å². The van der Waals surface area contributed by atoms with Crippen LogP contribution in [0.5, 0.6) is 0 Å². The Balaban J connectivity index is 1.41. The van der Waals surface area contributed by atoms with Gasteiger partial charge in [0.1, 0.15) is 20.9 Å². The van der Waals surface area contributed by atoms with E-state index < -0.39 is 37.1 Å². The van der Waals surface area contributed by atoms with E-state index in [1.165, 1.54) is 19.2 Å². The number of nitrogens with zero attached hydrogens (tertiary/aromatic N) is 1. The number of ether oxygens (including phenoxy) is 2. The number of benzene rings is 3. The fourth-order valence-corrected chi connectivity index (χ4v) is 7.85. The molecule has 3 atom stereocenters. The molecule has 242 valence electrons. The number of H-pyrrole nitrogens is 1. The molecule has 0 aliphatic heterocycles. The Morgan fingerprint density at radius 3 is 2.37 bits per heavy atom. The number of non-ortho nitro benzene ring substituents is 1. The summed E-state index contributed by atoms with van der Waals surface area (Å²) in [5, 5.41) is 18.7. The minimum Gasteiger partial charge on any atom is -0.468 e. The van der Waals surface area contributed by atoms with Crippen molar-refractivity contribution in [1.82, 2.24) is 15.4 Å². The topological polar surface area (TPSA) is 145 Å². The number of methoxy groups -OCH3 is 1. The van der Waals surface area contributed by atoms with Gasteiger partial charge < -0.3 is 24.3 Å². The second kappa shape index (κ2) is 16.3. The number of carbonyl (C=O) groups excluding carboxylic acids is 2. The van der Waals surface area contributed by atoms with E-state index in [-0.39, 0.29) is 24.8 Å². The number of esters is 1. The number of fused-ring (bicyclic) bond motifs is 1. The lowest BCUT2D eigenvalue weighted by atomic mass is 9.89. The Kier molecular flexibility index (Phi) is 11.7. The lowest BCUT2D eigenvalue weighted by molar-refractivity contribution is -0.384. The van der Waals surface area contributed by atoms with Crippen molar-refractivity contribution in [2.24, 2.45) is 5.92 Å². The number of alkyl carbamates (subject to hydrolysis) is 1. The number of aromatic amines is 1. The Labute approximate surface area is 269 Å². The van der Waals surface area contributed by atoms with Crippen molar-refractivity contribution >= 4 is 37.0 Å². The van der Waals surface area contributed by atoms with E-state index in [0.29, 0.717) is 6.42 Å². The molecule has 11 nitrogen and oxygen atoms in total. The highest BCUT2D eigenvalue weighted by Crippen LogP contribution is 2.46. The molecular weight excluding hydrogens is 607 g/mol. The zero-order valence-electron chi connectivity index (χ0n) is 25.7. The van der Waals surface area contributed by atoms with Gasteiger partial charge >= 0.3 is 12.1 Å². The van der Waals surface area contributed by atoms with Gasteiger partial charge in [0.15, 0.2) is 0 Å². The van der Waals surface area contributed by atoms with E-state index >= 15 is 0 Å². The van der Waals surface area contributed by atoms with Crippen molar-refractivity contribution < 1.29 is 28.5 Å². The predicted molar refractivity (Wildman–Crippen MR) is 176 cm³/mol. The summed E-state index contributed by atoms with van der Waals surface area (Å²) in [7, 11) is -0.346. The van der Waals surface area contributed by atoms with Gasteiger partial charge in [-0.1, -0.05) is 67.8 Å². The highest BCUT2D eigenvalue weighted by Gasteiger charge is 2.37. The number of hydrogen-bond acceptors (Lipinski definition) is 8. The molecule has 0 bridgehead atoms. The zero-order chi connectivity index (χ0) is 32.3. The maximum absolute atomic E-state index is 13.3. The second-order valence-electron chi connectivity index (χ2n) is 11.3. The number of nitro benzene ring substituents is 1. The van der Waals surface area contributed by atoms with Gasteiger partial charge in [-0.05, 0) is 53.6 Å². The van der Waals surface area contributed by atoms with Crippen molar-refractivity contribution in [1.29, 1.82) is 0 Å². The Bertz CT molecular complexity index is 1590. The molecule has 4 aromatic rings. The lowest BCUT2D eigenvalue weighted by Crippen LogP contribution is -2.46. The molecule has 1 heterocycles. The molecule has 46 heavy (non-hydrogen) atoms. The third kappa shape index (κ3) is 8.90. The first-order chi connectivity index (χ1) is 22.4. The maximum atomic E-state index is 13.3. The first kappa shape index (κ1) is 33.1. The molecule has 1 saturated carbocycles. The number of amides is 1. The van der Waals surface area contributed by atoms with E-state index in [2.05, 4.69) is 15.4 Å². The van der Waals surface area contributed by atoms with Crippen LogP contribution in [-0.4, -0.2) is 40.9 Å². The number of para-hydroxylation sites is 1. The van der Waals surface area contributed by atoms with E-state index in [0.717, 1.165) is 59.7 Å². The summed E-state index contributed by atoms with van der Waals surface area (Å²) in [4.78, 5) is 40.5. The maximum Gasteiger partial charge on any atom is 0.408 e. The Morgan fingerprint density at radius 2 is 1.65 bits per heavy atom. The van der Waals surface area contributed by atoms with Crippen molar-refractivity contribution in [3.8, 4) is 0 Å². The summed E-state index contributed by atoms with van der Waals surface area (Å²) >= 11 is 0. The van der Waals surface area contributed by atoms with Crippen molar-refractivity contribution in [2.45, 2.75) is 63.6 Å². The van der Waals surface area contributed by atoms with E-state index in [4.69, 9.17) is 14.0 Å². The molecule has 1 aliphatic rings. The predicted octanol–water partition coefficient (Wildman–Crippen LogP) is 7.11. The van der Waals surface area contributed by atoms with Crippen LogP contribution in [0.15, 0.2) is 85.1 Å². The average molecular weight is 647 g/mol. The van der Waals surface area contributed by atoms with Gasteiger partial charge in [0.2, 0.25) is 0 Å². The number of carbonyl (C=O) groups is 2. The number of hydrogen-bond donors (Lipinski definition) is 3. The van der Waals surface area contributed by atoms with E-state index in [1.807, 2.05) is 60.8 Å². The monoisotopic (exact) mass is 646 g/mol. The first-order valence-electron chi connectivity index (χ1n) is 15.4. The molecular formula is C34H39N4O7P. The van der Waals surface area contributed by atoms with Crippen LogP contribution in [0, 0.1) is 16.0 Å². The van der Waals surface area contributed by atoms with Crippen molar-refractivity contribution in [3.05, 3.63) is 112 Å². The highest BCUT2D eigenvalue weighted by molar-refractivity contribution is 7.51. The average Bonchev–Trinajstić information content (AvgIpc) is 3.51. The summed E-state index contributed by atoms with van der Waals surface area (Å²) in [6.07, 6.45) is 6.56. The van der Waals surface area contributed by atoms with Crippen LogP contribution >= 0.6 is 8.30 Å². The molecule has 0 radical (unpaired) electrons. The first-order valence-corrected chi connectivity index (χ1v) is 16.8. The van der Waals surface area contributed by atoms with Crippen LogP contribution in [0.3, 0.4) is 0 Å². The fourth-order valence-electron chi connectivity index (χ4n) is 5.76. The highest BCUT2D eigenvalue weighted by atomic mass is 31.2. The second-order valence-corrected chi connectivity index (χ2v) is 13.1. The van der Waals surface area contributed by atoms with Gasteiger partial charge in [0, 0.05) is 35.7 Å². The van der Waals surface area contributed by atoms with Crippen LogP contribution in [0.4, 0.5) is 10.5 Å². The third-order valence-electron chi connectivity index (χ3n) is 8.21. The molecule has 3 aromatic carbocycles. The zero-order valence-corrected chi connectivity index (χ0v) is 26.6. The quantitative estimate of drug-likeness (QED) is 0.0569. The van der Waals surface area contributed by atoms with Crippen LogP contribution < -0.4 is 10.4 Å². The van der Waals surface area contributed by atoms with Crippen molar-refractivity contribution in [2.75, 3.05) is 7.11 Å². The molecule has 12 heteroatoms. The Morgan fingerprint density at radius 1 is 0.957 bits per heavy atom. The summed E-state index contributed by atoms with van der Waals surface area (Å²) in [5.74, 6) is -0.850. The molecule has 1 aromatic heterocycles. The lowest BCUT2D eigenvalue weighted by Gasteiger charge is -2.37. The normalized spacial score (nSPS) is 15.5. The molecule has 3 N–H and O–H groups in total. The molecule has 0 spiro atoms. The molecule has 0 saturated heterocycles. The largest absolute Gasteiger partial charge is 0.468 e. The minimum absolute atomic E-state index is 0.0171. The Hall–Kier alpha value is -4.31. The molecule has 1 unspecified atom stereocenters. The molecule has 1 fully saturated rings. The van der Waals surface area contributed by atoms with Gasteiger partial charge in [-0.3, -0.25) is 20.0 Å². The summed E-state index contributed by atoms with van der Waals surface area (Å²) in [6.45, 7) is 0.228. The van der Waals surface area contributed by atoms with Crippen LogP contribution in [-0.2, 0) is 38.4 Å². The minimum atomic E-state index is -1.70. The van der Waals surface area contributed by atoms with Crippen molar-refractivity contribution in [3.63, 3.8) is 0 Å². The summed E-state index contributed by atoms with van der Waals surface area (Å²) in [5.41, 5.74) is 3.47. The third-order valence-corrected chi connectivity index (χ3v) is 10.2. The number of aromatic nitrogens is 1. The van der Waals surface area contributed by atoms with Gasteiger partial charge in [0.25, 0.3) is 5.69 Å². The summed E-state index contributed by atoms with van der Waals surface area (Å²) in [6, 6.07) is 22.7. The van der Waals surface area contributed by atoms with Crippen LogP contribution in [0.2, 0.25) is 0 Å². The molecule has 1 aliphatic carbocycles. The number of nitro groups is 1. The summed E-state index contributed by atoms with van der Waals surface area (Å²) < 4.78 is 17.4. The molecule has 1 amide bonds. The van der Waals surface area contributed by atoms with Gasteiger partial charge in [-0.25, -0.2) is 4.79 Å². The van der Waals surface area contributed by atoms with Gasteiger partial charge in [-0.15, -0.1) is 0 Å². The van der Waals surface area contributed by atoms with Crippen LogP contribution in [0.25, 0.3) is 10.9 Å². The standard InChI is InChI=1S/C34H39N4O7P/c1-43-33(39)31(20-27-21-35-30-15-9-8-14-29(27)30)37-46(45-23-25-16-18-28(19-17-25)38(41)42)32(26-12-6-3-7-13-26)36-34(40)44-22-24-10-4-2-5-11-24/h2,4-5,8-11,14-19,21,26,31-32,35,37H,3,6-7,12-13,20,22-23H2,1H3,(H,36,40)/t31-,32-,46?/m1/s1. The number of nitrogens with one attached hydrogen (secondary N) is 3. The van der Waals surface area contributed by atoms with Gasteiger partial charge in [-0.2, -0.15) is 0 Å².